The van der Waals surface area contributed by atoms with Crippen LogP contribution in [0.5, 0.6) is 11.5 Å². The Morgan fingerprint density at radius 3 is 2.51 bits per heavy atom. The van der Waals surface area contributed by atoms with Crippen LogP contribution in [0.3, 0.4) is 0 Å². The summed E-state index contributed by atoms with van der Waals surface area (Å²) in [5.41, 5.74) is 1.45. The van der Waals surface area contributed by atoms with E-state index in [-0.39, 0.29) is 12.0 Å². The highest BCUT2D eigenvalue weighted by molar-refractivity contribution is 7.80. The minimum Gasteiger partial charge on any atom is -0.493 e. The van der Waals surface area contributed by atoms with E-state index in [1.807, 2.05) is 38.1 Å². The molecule has 0 fully saturated rings. The average Bonchev–Trinajstić information content (AvgIpc) is 2.80. The molecule has 1 aromatic heterocycles. The third-order valence-electron chi connectivity index (χ3n) is 4.98. The van der Waals surface area contributed by atoms with Gasteiger partial charge in [-0.15, -0.1) is 12.6 Å². The van der Waals surface area contributed by atoms with E-state index in [1.165, 1.54) is 6.20 Å². The summed E-state index contributed by atoms with van der Waals surface area (Å²) in [7, 11) is -2.93. The lowest BCUT2D eigenvalue weighted by Gasteiger charge is -2.15. The van der Waals surface area contributed by atoms with Crippen molar-refractivity contribution in [1.82, 2.24) is 4.98 Å². The molecule has 35 heavy (non-hydrogen) atoms. The molecule has 9 heteroatoms. The van der Waals surface area contributed by atoms with E-state index in [9.17, 15) is 9.36 Å². The first-order chi connectivity index (χ1) is 16.7. The molecule has 1 amide bonds. The van der Waals surface area contributed by atoms with Crippen LogP contribution in [0.15, 0.2) is 65.7 Å². The number of nitrogens with zero attached hydrogens (tertiary/aromatic N) is 1. The lowest BCUT2D eigenvalue weighted by Crippen LogP contribution is -2.16. The Bertz CT molecular complexity index is 1200. The van der Waals surface area contributed by atoms with E-state index in [1.54, 1.807) is 43.9 Å². The first-order valence-corrected chi connectivity index (χ1v) is 13.9. The number of carbonyl (C=O) groups excluding carboxylic acids is 1. The van der Waals surface area contributed by atoms with E-state index in [0.717, 1.165) is 10.5 Å². The summed E-state index contributed by atoms with van der Waals surface area (Å²) in [5.74, 6) is 1.02. The fourth-order valence-corrected chi connectivity index (χ4v) is 4.86. The van der Waals surface area contributed by atoms with Crippen LogP contribution in [0.1, 0.15) is 36.7 Å². The smallest absolute Gasteiger partial charge is 0.257 e. The Morgan fingerprint density at radius 2 is 1.86 bits per heavy atom. The highest BCUT2D eigenvalue weighted by atomic mass is 32.1. The molecule has 0 aliphatic rings. The van der Waals surface area contributed by atoms with E-state index < -0.39 is 7.37 Å². The van der Waals surface area contributed by atoms with Crippen molar-refractivity contribution in [3.8, 4) is 11.5 Å². The molecule has 1 atom stereocenters. The standard InChI is InChI=1S/C26H31N2O5PS/c1-5-32-34(4,30)23-10-11-25(27-17-23)28-26(29)20-14-21(16-22(15-20)33-18(2)3)31-13-12-19-8-6-7-9-24(19)35/h6-11,14-18,35H,5,12-13H2,1-4H3,(H,27,28,29). The van der Waals surface area contributed by atoms with Gasteiger partial charge in [-0.2, -0.15) is 0 Å². The van der Waals surface area contributed by atoms with Crippen molar-refractivity contribution < 1.29 is 23.4 Å². The summed E-state index contributed by atoms with van der Waals surface area (Å²) in [6.45, 7) is 7.92. The highest BCUT2D eigenvalue weighted by Gasteiger charge is 2.19. The molecule has 0 bridgehead atoms. The van der Waals surface area contributed by atoms with Gasteiger partial charge in [-0.25, -0.2) is 4.98 Å². The number of amides is 1. The van der Waals surface area contributed by atoms with Crippen molar-refractivity contribution in [2.24, 2.45) is 0 Å². The van der Waals surface area contributed by atoms with Gasteiger partial charge in [0, 0.05) is 35.8 Å². The summed E-state index contributed by atoms with van der Waals surface area (Å²) in [6.07, 6.45) is 2.06. The number of rotatable bonds is 11. The van der Waals surface area contributed by atoms with Crippen molar-refractivity contribution in [3.05, 3.63) is 71.9 Å². The minimum absolute atomic E-state index is 0.0680. The van der Waals surface area contributed by atoms with Crippen LogP contribution in [0, 0.1) is 0 Å². The third kappa shape index (κ3) is 7.85. The summed E-state index contributed by atoms with van der Waals surface area (Å²) >= 11 is 4.48. The van der Waals surface area contributed by atoms with Crippen LogP contribution in [-0.4, -0.2) is 36.9 Å². The molecular formula is C26H31N2O5PS. The van der Waals surface area contributed by atoms with Gasteiger partial charge in [0.05, 0.1) is 24.6 Å². The SMILES string of the molecule is CCOP(C)(=O)c1ccc(NC(=O)c2cc(OCCc3ccccc3S)cc(OC(C)C)c2)nc1. The Balaban J connectivity index is 1.73. The topological polar surface area (TPSA) is 86.8 Å². The number of pyridine rings is 1. The van der Waals surface area contributed by atoms with Crippen LogP contribution < -0.4 is 20.1 Å². The summed E-state index contributed by atoms with van der Waals surface area (Å²) in [5, 5.41) is 3.25. The van der Waals surface area contributed by atoms with E-state index in [0.29, 0.717) is 47.8 Å². The van der Waals surface area contributed by atoms with Gasteiger partial charge in [-0.1, -0.05) is 18.2 Å². The second kappa shape index (κ2) is 12.2. The molecule has 0 spiro atoms. The van der Waals surface area contributed by atoms with Gasteiger partial charge in [-0.05, 0) is 56.7 Å². The maximum absolute atomic E-state index is 13.0. The summed E-state index contributed by atoms with van der Waals surface area (Å²) in [4.78, 5) is 18.1. The maximum Gasteiger partial charge on any atom is 0.257 e. The molecule has 3 aromatic rings. The number of anilines is 1. The molecule has 3 rings (SSSR count). The van der Waals surface area contributed by atoms with Crippen molar-refractivity contribution in [2.45, 2.75) is 38.2 Å². The van der Waals surface area contributed by atoms with Gasteiger partial charge < -0.3 is 19.3 Å². The predicted octanol–water partition coefficient (Wildman–Crippen LogP) is 5.60. The molecule has 0 saturated carbocycles. The Kier molecular flexibility index (Phi) is 9.38. The average molecular weight is 515 g/mol. The van der Waals surface area contributed by atoms with Crippen LogP contribution in [-0.2, 0) is 15.5 Å². The first kappa shape index (κ1) is 26.8. The first-order valence-electron chi connectivity index (χ1n) is 11.4. The number of thiol groups is 1. The Labute approximate surface area is 212 Å². The minimum atomic E-state index is -2.93. The number of hydrogen-bond acceptors (Lipinski definition) is 7. The van der Waals surface area contributed by atoms with E-state index in [4.69, 9.17) is 14.0 Å². The van der Waals surface area contributed by atoms with E-state index in [2.05, 4.69) is 22.9 Å². The molecule has 0 aliphatic heterocycles. The van der Waals surface area contributed by atoms with Crippen LogP contribution in [0.25, 0.3) is 0 Å². The quantitative estimate of drug-likeness (QED) is 0.256. The number of benzene rings is 2. The molecule has 186 valence electrons. The number of hydrogen-bond donors (Lipinski definition) is 2. The zero-order valence-electron chi connectivity index (χ0n) is 20.4. The van der Waals surface area contributed by atoms with Crippen molar-refractivity contribution in [1.29, 1.82) is 0 Å². The summed E-state index contributed by atoms with van der Waals surface area (Å²) in [6, 6.07) is 16.2. The number of carbonyl (C=O) groups is 1. The molecule has 0 aliphatic carbocycles. The second-order valence-electron chi connectivity index (χ2n) is 8.21. The molecule has 7 nitrogen and oxygen atoms in total. The monoisotopic (exact) mass is 514 g/mol. The van der Waals surface area contributed by atoms with Crippen molar-refractivity contribution in [3.63, 3.8) is 0 Å². The number of nitrogens with one attached hydrogen (secondary N) is 1. The van der Waals surface area contributed by atoms with Gasteiger partial charge in [0.2, 0.25) is 7.37 Å². The predicted molar refractivity (Wildman–Crippen MR) is 142 cm³/mol. The number of aromatic nitrogens is 1. The molecule has 2 aromatic carbocycles. The second-order valence-corrected chi connectivity index (χ2v) is 11.2. The molecule has 0 saturated heterocycles. The Hall–Kier alpha value is -2.80. The lowest BCUT2D eigenvalue weighted by molar-refractivity contribution is 0.102. The van der Waals surface area contributed by atoms with Gasteiger partial charge >= 0.3 is 0 Å². The van der Waals surface area contributed by atoms with Crippen LogP contribution in [0.2, 0.25) is 0 Å². The van der Waals surface area contributed by atoms with Gasteiger partial charge in [0.25, 0.3) is 5.91 Å². The fraction of sp³-hybridized carbons (Fsp3) is 0.308. The van der Waals surface area contributed by atoms with Crippen LogP contribution in [0.4, 0.5) is 5.82 Å². The van der Waals surface area contributed by atoms with Gasteiger partial charge in [0.1, 0.15) is 17.3 Å². The molecule has 0 radical (unpaired) electrons. The van der Waals surface area contributed by atoms with Crippen LogP contribution >= 0.6 is 20.0 Å². The lowest BCUT2D eigenvalue weighted by atomic mass is 10.1. The Morgan fingerprint density at radius 1 is 1.11 bits per heavy atom. The largest absolute Gasteiger partial charge is 0.493 e. The molecule has 1 unspecified atom stereocenters. The highest BCUT2D eigenvalue weighted by Crippen LogP contribution is 2.40. The number of ether oxygens (including phenoxy) is 2. The molecule has 1 heterocycles. The van der Waals surface area contributed by atoms with E-state index >= 15 is 0 Å². The zero-order chi connectivity index (χ0) is 25.4. The zero-order valence-corrected chi connectivity index (χ0v) is 22.1. The maximum atomic E-state index is 13.0. The summed E-state index contributed by atoms with van der Waals surface area (Å²) < 4.78 is 29.6. The van der Waals surface area contributed by atoms with Crippen molar-refractivity contribution in [2.75, 3.05) is 25.2 Å². The normalized spacial score (nSPS) is 12.7. The van der Waals surface area contributed by atoms with Gasteiger partial charge in [0.15, 0.2) is 0 Å². The van der Waals surface area contributed by atoms with Crippen molar-refractivity contribution >= 4 is 37.0 Å². The fourth-order valence-electron chi connectivity index (χ4n) is 3.34. The molecular weight excluding hydrogens is 483 g/mol. The third-order valence-corrected chi connectivity index (χ3v) is 7.37. The van der Waals surface area contributed by atoms with Gasteiger partial charge in [-0.3, -0.25) is 9.36 Å². The molecule has 1 N–H and O–H groups in total.